The second kappa shape index (κ2) is 5.53. The molecule has 0 bridgehead atoms. The lowest BCUT2D eigenvalue weighted by Gasteiger charge is -2.13. The van der Waals surface area contributed by atoms with E-state index in [1.807, 2.05) is 19.2 Å². The fourth-order valence-electron chi connectivity index (χ4n) is 2.76. The first kappa shape index (κ1) is 13.5. The smallest absolute Gasteiger partial charge is 0.231 e. The number of anilines is 1. The molecule has 1 aromatic carbocycles. The van der Waals surface area contributed by atoms with Gasteiger partial charge < -0.3 is 9.42 Å². The Morgan fingerprint density at radius 2 is 2.14 bits per heavy atom. The fourth-order valence-corrected chi connectivity index (χ4v) is 3.72. The van der Waals surface area contributed by atoms with Gasteiger partial charge in [-0.1, -0.05) is 46.8 Å². The van der Waals surface area contributed by atoms with Crippen LogP contribution in [0.4, 0.5) is 5.13 Å². The molecule has 112 valence electrons. The van der Waals surface area contributed by atoms with Crippen LogP contribution in [0, 0.1) is 6.92 Å². The topological polar surface area (TPSA) is 55.1 Å². The molecule has 1 saturated heterocycles. The van der Waals surface area contributed by atoms with Crippen molar-refractivity contribution in [3.05, 3.63) is 48.2 Å². The number of thiazole rings is 1. The van der Waals surface area contributed by atoms with Crippen LogP contribution in [0.1, 0.15) is 24.1 Å². The maximum atomic E-state index is 5.30. The SMILES string of the molecule is Cc1noc(C2CCN(c3ncc(-c4ccccc4)s3)C2)n1. The lowest BCUT2D eigenvalue weighted by Crippen LogP contribution is -2.18. The van der Waals surface area contributed by atoms with Gasteiger partial charge in [0.15, 0.2) is 11.0 Å². The van der Waals surface area contributed by atoms with E-state index >= 15 is 0 Å². The number of aromatic nitrogens is 3. The van der Waals surface area contributed by atoms with Gasteiger partial charge in [-0.2, -0.15) is 4.98 Å². The molecule has 5 nitrogen and oxygen atoms in total. The van der Waals surface area contributed by atoms with Crippen LogP contribution in [0.15, 0.2) is 41.1 Å². The van der Waals surface area contributed by atoms with E-state index in [1.165, 1.54) is 10.4 Å². The molecule has 0 radical (unpaired) electrons. The number of nitrogens with zero attached hydrogens (tertiary/aromatic N) is 4. The minimum Gasteiger partial charge on any atom is -0.347 e. The quantitative estimate of drug-likeness (QED) is 0.741. The summed E-state index contributed by atoms with van der Waals surface area (Å²) in [6.07, 6.45) is 2.99. The summed E-state index contributed by atoms with van der Waals surface area (Å²) in [6.45, 7) is 3.73. The van der Waals surface area contributed by atoms with Crippen molar-refractivity contribution < 1.29 is 4.52 Å². The van der Waals surface area contributed by atoms with E-state index in [0.29, 0.717) is 11.7 Å². The molecule has 1 unspecified atom stereocenters. The van der Waals surface area contributed by atoms with Crippen LogP contribution >= 0.6 is 11.3 Å². The minimum atomic E-state index is 0.310. The normalized spacial score (nSPS) is 18.0. The molecule has 0 aliphatic carbocycles. The molecule has 1 aliphatic rings. The van der Waals surface area contributed by atoms with Gasteiger partial charge in [0, 0.05) is 19.3 Å². The second-order valence-electron chi connectivity index (χ2n) is 5.48. The lowest BCUT2D eigenvalue weighted by atomic mass is 10.1. The molecule has 3 aromatic rings. The van der Waals surface area contributed by atoms with Crippen LogP contribution in [-0.4, -0.2) is 28.2 Å². The Balaban J connectivity index is 1.51. The van der Waals surface area contributed by atoms with Crippen molar-refractivity contribution >= 4 is 16.5 Å². The maximum absolute atomic E-state index is 5.30. The molecule has 1 aliphatic heterocycles. The van der Waals surface area contributed by atoms with Crippen molar-refractivity contribution in [2.24, 2.45) is 0 Å². The van der Waals surface area contributed by atoms with E-state index in [2.05, 4.69) is 44.3 Å². The number of hydrogen-bond acceptors (Lipinski definition) is 6. The highest BCUT2D eigenvalue weighted by Crippen LogP contribution is 2.35. The largest absolute Gasteiger partial charge is 0.347 e. The van der Waals surface area contributed by atoms with Crippen molar-refractivity contribution in [3.8, 4) is 10.4 Å². The standard InChI is InChI=1S/C16H16N4OS/c1-11-18-15(21-19-11)13-7-8-20(10-13)16-17-9-14(22-16)12-5-3-2-4-6-12/h2-6,9,13H,7-8,10H2,1H3. The molecule has 3 heterocycles. The van der Waals surface area contributed by atoms with Crippen LogP contribution in [-0.2, 0) is 0 Å². The summed E-state index contributed by atoms with van der Waals surface area (Å²) >= 11 is 1.73. The Morgan fingerprint density at radius 3 is 2.91 bits per heavy atom. The summed E-state index contributed by atoms with van der Waals surface area (Å²) in [5.74, 6) is 1.76. The molecule has 6 heteroatoms. The first-order valence-corrected chi connectivity index (χ1v) is 8.17. The van der Waals surface area contributed by atoms with Crippen LogP contribution in [0.2, 0.25) is 0 Å². The first-order valence-electron chi connectivity index (χ1n) is 7.36. The van der Waals surface area contributed by atoms with E-state index in [0.717, 1.165) is 30.5 Å². The van der Waals surface area contributed by atoms with Gasteiger partial charge in [-0.05, 0) is 18.9 Å². The molecule has 1 fully saturated rings. The predicted octanol–water partition coefficient (Wildman–Crippen LogP) is 3.50. The zero-order valence-corrected chi connectivity index (χ0v) is 13.1. The highest BCUT2D eigenvalue weighted by Gasteiger charge is 2.29. The Labute approximate surface area is 132 Å². The molecule has 0 N–H and O–H groups in total. The molecule has 1 atom stereocenters. The van der Waals surface area contributed by atoms with E-state index in [4.69, 9.17) is 4.52 Å². The molecule has 2 aromatic heterocycles. The summed E-state index contributed by atoms with van der Waals surface area (Å²) in [5, 5.41) is 4.95. The summed E-state index contributed by atoms with van der Waals surface area (Å²) < 4.78 is 5.30. The van der Waals surface area contributed by atoms with Crippen molar-refractivity contribution in [3.63, 3.8) is 0 Å². The van der Waals surface area contributed by atoms with Gasteiger partial charge in [-0.25, -0.2) is 4.98 Å². The Bertz CT molecular complexity index is 767. The zero-order valence-electron chi connectivity index (χ0n) is 12.3. The summed E-state index contributed by atoms with van der Waals surface area (Å²) in [5.41, 5.74) is 1.22. The lowest BCUT2D eigenvalue weighted by molar-refractivity contribution is 0.356. The molecule has 22 heavy (non-hydrogen) atoms. The van der Waals surface area contributed by atoms with Gasteiger partial charge in [-0.3, -0.25) is 0 Å². The van der Waals surface area contributed by atoms with Crippen LogP contribution in [0.25, 0.3) is 10.4 Å². The molecular weight excluding hydrogens is 296 g/mol. The number of hydrogen-bond donors (Lipinski definition) is 0. The molecular formula is C16H16N4OS. The molecule has 0 spiro atoms. The average Bonchev–Trinajstić information content (AvgIpc) is 3.27. The minimum absolute atomic E-state index is 0.310. The third-order valence-corrected chi connectivity index (χ3v) is 5.01. The average molecular weight is 312 g/mol. The fraction of sp³-hybridized carbons (Fsp3) is 0.312. The van der Waals surface area contributed by atoms with Crippen LogP contribution < -0.4 is 4.90 Å². The van der Waals surface area contributed by atoms with E-state index in [-0.39, 0.29) is 0 Å². The predicted molar refractivity (Wildman–Crippen MR) is 86.2 cm³/mol. The summed E-state index contributed by atoms with van der Waals surface area (Å²) in [7, 11) is 0. The van der Waals surface area contributed by atoms with Crippen molar-refractivity contribution in [1.29, 1.82) is 0 Å². The van der Waals surface area contributed by atoms with Crippen LogP contribution in [0.3, 0.4) is 0 Å². The maximum Gasteiger partial charge on any atom is 0.231 e. The van der Waals surface area contributed by atoms with Gasteiger partial charge in [0.1, 0.15) is 0 Å². The first-order chi connectivity index (χ1) is 10.8. The third-order valence-electron chi connectivity index (χ3n) is 3.90. The van der Waals surface area contributed by atoms with Gasteiger partial charge in [0.2, 0.25) is 5.89 Å². The summed E-state index contributed by atoms with van der Waals surface area (Å²) in [4.78, 5) is 12.4. The Hall–Kier alpha value is -2.21. The van der Waals surface area contributed by atoms with E-state index in [1.54, 1.807) is 11.3 Å². The Kier molecular flexibility index (Phi) is 3.38. The molecule has 0 saturated carbocycles. The van der Waals surface area contributed by atoms with Crippen LogP contribution in [0.5, 0.6) is 0 Å². The van der Waals surface area contributed by atoms with E-state index in [9.17, 15) is 0 Å². The monoisotopic (exact) mass is 312 g/mol. The van der Waals surface area contributed by atoms with Crippen molar-refractivity contribution in [2.45, 2.75) is 19.3 Å². The third kappa shape index (κ3) is 2.50. The number of aryl methyl sites for hydroxylation is 1. The highest BCUT2D eigenvalue weighted by molar-refractivity contribution is 7.18. The van der Waals surface area contributed by atoms with Gasteiger partial charge in [-0.15, -0.1) is 0 Å². The van der Waals surface area contributed by atoms with Crippen molar-refractivity contribution in [1.82, 2.24) is 15.1 Å². The Morgan fingerprint density at radius 1 is 1.27 bits per heavy atom. The van der Waals surface area contributed by atoms with Gasteiger partial charge in [0.25, 0.3) is 0 Å². The number of benzene rings is 1. The van der Waals surface area contributed by atoms with Crippen molar-refractivity contribution in [2.75, 3.05) is 18.0 Å². The number of rotatable bonds is 3. The molecule has 4 rings (SSSR count). The second-order valence-corrected chi connectivity index (χ2v) is 6.49. The van der Waals surface area contributed by atoms with Gasteiger partial charge in [0.05, 0.1) is 10.8 Å². The summed E-state index contributed by atoms with van der Waals surface area (Å²) in [6, 6.07) is 10.4. The molecule has 0 amide bonds. The zero-order chi connectivity index (χ0) is 14.9. The van der Waals surface area contributed by atoms with Gasteiger partial charge >= 0.3 is 0 Å². The van der Waals surface area contributed by atoms with E-state index < -0.39 is 0 Å². The highest BCUT2D eigenvalue weighted by atomic mass is 32.1.